The monoisotopic (exact) mass is 358 g/mol. The minimum absolute atomic E-state index is 0.0124. The quantitative estimate of drug-likeness (QED) is 0.803. The molecule has 122 valence electrons. The van der Waals surface area contributed by atoms with Crippen molar-refractivity contribution in [3.05, 3.63) is 54.1 Å². The van der Waals surface area contributed by atoms with Crippen molar-refractivity contribution in [1.82, 2.24) is 0 Å². The van der Waals surface area contributed by atoms with Crippen LogP contribution >= 0.6 is 11.8 Å². The number of nitrogens with one attached hydrogen (secondary N) is 1. The Morgan fingerprint density at radius 1 is 1.17 bits per heavy atom. The molecule has 0 atom stereocenters. The number of hydrogen-bond acceptors (Lipinski definition) is 4. The number of primary sulfonamides is 1. The molecule has 0 saturated heterocycles. The number of sulfonamides is 1. The van der Waals surface area contributed by atoms with Gasteiger partial charge < -0.3 is 5.32 Å². The molecule has 0 aliphatic carbocycles. The van der Waals surface area contributed by atoms with Crippen LogP contribution in [0.25, 0.3) is 0 Å². The van der Waals surface area contributed by atoms with E-state index >= 15 is 0 Å². The highest BCUT2D eigenvalue weighted by atomic mass is 32.2. The number of anilines is 1. The second-order valence-corrected chi connectivity index (χ2v) is 7.06. The first-order valence-corrected chi connectivity index (χ1v) is 8.79. The zero-order valence-corrected chi connectivity index (χ0v) is 13.3. The lowest BCUT2D eigenvalue weighted by Gasteiger charge is -2.07. The number of hydrogen-bond donors (Lipinski definition) is 2. The first-order chi connectivity index (χ1) is 10.8. The maximum atomic E-state index is 13.4. The van der Waals surface area contributed by atoms with Crippen LogP contribution in [0.4, 0.5) is 14.5 Å². The lowest BCUT2D eigenvalue weighted by molar-refractivity contribution is -0.113. The minimum Gasteiger partial charge on any atom is -0.325 e. The van der Waals surface area contributed by atoms with E-state index < -0.39 is 27.6 Å². The Hall–Kier alpha value is -1.97. The summed E-state index contributed by atoms with van der Waals surface area (Å²) >= 11 is 0.828. The zero-order chi connectivity index (χ0) is 17.0. The standard InChI is InChI=1S/C14H12F2N2O3S2/c15-9-4-5-12(16)13(6-9)22-8-14(19)18-10-2-1-3-11(7-10)23(17,20)21/h1-7H,8H2,(H,18,19)(H2,17,20,21). The van der Waals surface area contributed by atoms with E-state index in [-0.39, 0.29) is 21.2 Å². The van der Waals surface area contributed by atoms with Gasteiger partial charge in [-0.2, -0.15) is 0 Å². The van der Waals surface area contributed by atoms with E-state index in [0.717, 1.165) is 30.0 Å². The van der Waals surface area contributed by atoms with Crippen molar-refractivity contribution in [1.29, 1.82) is 0 Å². The second kappa shape index (κ2) is 7.07. The molecule has 9 heteroatoms. The third kappa shape index (κ3) is 5.02. The van der Waals surface area contributed by atoms with Crippen molar-refractivity contribution in [3.8, 4) is 0 Å². The largest absolute Gasteiger partial charge is 0.325 e. The molecule has 0 unspecified atom stereocenters. The molecule has 23 heavy (non-hydrogen) atoms. The summed E-state index contributed by atoms with van der Waals surface area (Å²) in [5, 5.41) is 7.46. The number of nitrogens with two attached hydrogens (primary N) is 1. The smallest absolute Gasteiger partial charge is 0.238 e. The summed E-state index contributed by atoms with van der Waals surface area (Å²) in [6.45, 7) is 0. The van der Waals surface area contributed by atoms with Crippen molar-refractivity contribution in [2.45, 2.75) is 9.79 Å². The van der Waals surface area contributed by atoms with Crippen LogP contribution in [0.5, 0.6) is 0 Å². The van der Waals surface area contributed by atoms with Crippen molar-refractivity contribution in [2.24, 2.45) is 5.14 Å². The molecule has 0 fully saturated rings. The second-order valence-electron chi connectivity index (χ2n) is 4.48. The Morgan fingerprint density at radius 3 is 2.61 bits per heavy atom. The van der Waals surface area contributed by atoms with Crippen LogP contribution in [0.1, 0.15) is 0 Å². The number of carbonyl (C=O) groups excluding carboxylic acids is 1. The van der Waals surface area contributed by atoms with Gasteiger partial charge in [-0.05, 0) is 36.4 Å². The molecule has 0 spiro atoms. The van der Waals surface area contributed by atoms with E-state index in [2.05, 4.69) is 5.32 Å². The van der Waals surface area contributed by atoms with E-state index in [0.29, 0.717) is 0 Å². The summed E-state index contributed by atoms with van der Waals surface area (Å²) in [6.07, 6.45) is 0. The molecule has 0 radical (unpaired) electrons. The molecule has 3 N–H and O–H groups in total. The number of benzene rings is 2. The molecule has 0 saturated carbocycles. The first kappa shape index (κ1) is 17.4. The van der Waals surface area contributed by atoms with Gasteiger partial charge in [0.25, 0.3) is 0 Å². The van der Waals surface area contributed by atoms with Crippen LogP contribution < -0.4 is 10.5 Å². The van der Waals surface area contributed by atoms with Gasteiger partial charge in [-0.3, -0.25) is 4.79 Å². The molecule has 0 aliphatic rings. The van der Waals surface area contributed by atoms with Crippen LogP contribution in [-0.4, -0.2) is 20.1 Å². The molecule has 0 heterocycles. The van der Waals surface area contributed by atoms with Crippen LogP contribution in [0.3, 0.4) is 0 Å². The van der Waals surface area contributed by atoms with Gasteiger partial charge in [-0.15, -0.1) is 11.8 Å². The SMILES string of the molecule is NS(=O)(=O)c1cccc(NC(=O)CSc2cc(F)ccc2F)c1. The Morgan fingerprint density at radius 2 is 1.91 bits per heavy atom. The first-order valence-electron chi connectivity index (χ1n) is 6.26. The highest BCUT2D eigenvalue weighted by Gasteiger charge is 2.11. The van der Waals surface area contributed by atoms with Gasteiger partial charge in [-0.25, -0.2) is 22.3 Å². The van der Waals surface area contributed by atoms with Gasteiger partial charge in [0.2, 0.25) is 15.9 Å². The highest BCUT2D eigenvalue weighted by Crippen LogP contribution is 2.23. The van der Waals surface area contributed by atoms with Crippen molar-refractivity contribution in [2.75, 3.05) is 11.1 Å². The average molecular weight is 358 g/mol. The van der Waals surface area contributed by atoms with E-state index in [9.17, 15) is 22.0 Å². The van der Waals surface area contributed by atoms with Gasteiger partial charge in [0, 0.05) is 10.6 Å². The normalized spacial score (nSPS) is 11.3. The van der Waals surface area contributed by atoms with E-state index in [4.69, 9.17) is 5.14 Å². The summed E-state index contributed by atoms with van der Waals surface area (Å²) in [6, 6.07) is 8.37. The summed E-state index contributed by atoms with van der Waals surface area (Å²) in [7, 11) is -3.87. The fourth-order valence-corrected chi connectivity index (χ4v) is 3.00. The molecule has 0 aliphatic heterocycles. The number of thioether (sulfide) groups is 1. The Bertz CT molecular complexity index is 842. The zero-order valence-electron chi connectivity index (χ0n) is 11.6. The molecule has 0 bridgehead atoms. The molecule has 2 aromatic carbocycles. The van der Waals surface area contributed by atoms with Crippen molar-refractivity contribution < 1.29 is 22.0 Å². The summed E-state index contributed by atoms with van der Waals surface area (Å²) < 4.78 is 48.9. The van der Waals surface area contributed by atoms with E-state index in [1.54, 1.807) is 0 Å². The Kier molecular flexibility index (Phi) is 5.34. The number of halogens is 2. The predicted octanol–water partition coefficient (Wildman–Crippen LogP) is 2.34. The number of amides is 1. The van der Waals surface area contributed by atoms with Gasteiger partial charge in [-0.1, -0.05) is 6.07 Å². The van der Waals surface area contributed by atoms with Gasteiger partial charge >= 0.3 is 0 Å². The topological polar surface area (TPSA) is 89.3 Å². The lowest BCUT2D eigenvalue weighted by Crippen LogP contribution is -2.16. The fourth-order valence-electron chi connectivity index (χ4n) is 1.68. The summed E-state index contributed by atoms with van der Waals surface area (Å²) in [5.74, 6) is -1.89. The molecular formula is C14H12F2N2O3S2. The van der Waals surface area contributed by atoms with Gasteiger partial charge in [0.05, 0.1) is 10.6 Å². The van der Waals surface area contributed by atoms with Crippen LogP contribution in [0.2, 0.25) is 0 Å². The third-order valence-electron chi connectivity index (χ3n) is 2.70. The maximum absolute atomic E-state index is 13.4. The average Bonchev–Trinajstić information content (AvgIpc) is 2.47. The van der Waals surface area contributed by atoms with Gasteiger partial charge in [0.15, 0.2) is 0 Å². The van der Waals surface area contributed by atoms with Crippen LogP contribution in [0.15, 0.2) is 52.3 Å². The fraction of sp³-hybridized carbons (Fsp3) is 0.0714. The van der Waals surface area contributed by atoms with Crippen LogP contribution in [0, 0.1) is 11.6 Å². The number of rotatable bonds is 5. The maximum Gasteiger partial charge on any atom is 0.238 e. The van der Waals surface area contributed by atoms with Crippen LogP contribution in [-0.2, 0) is 14.8 Å². The highest BCUT2D eigenvalue weighted by molar-refractivity contribution is 8.00. The van der Waals surface area contributed by atoms with E-state index in [1.807, 2.05) is 0 Å². The number of carbonyl (C=O) groups is 1. The Labute approximate surface area is 135 Å². The molecule has 5 nitrogen and oxygen atoms in total. The third-order valence-corrected chi connectivity index (χ3v) is 4.64. The summed E-state index contributed by atoms with van der Waals surface area (Å²) in [5.41, 5.74) is 0.238. The van der Waals surface area contributed by atoms with E-state index in [1.165, 1.54) is 24.3 Å². The predicted molar refractivity (Wildman–Crippen MR) is 83.5 cm³/mol. The summed E-state index contributed by atoms with van der Waals surface area (Å²) in [4.78, 5) is 11.7. The molecule has 2 rings (SSSR count). The van der Waals surface area contributed by atoms with Gasteiger partial charge in [0.1, 0.15) is 11.6 Å². The molecule has 1 amide bonds. The molecule has 2 aromatic rings. The van der Waals surface area contributed by atoms with Crippen molar-refractivity contribution in [3.63, 3.8) is 0 Å². The lowest BCUT2D eigenvalue weighted by atomic mass is 10.3. The Balaban J connectivity index is 2.01. The molecular weight excluding hydrogens is 346 g/mol. The minimum atomic E-state index is -3.87. The van der Waals surface area contributed by atoms with Crippen molar-refractivity contribution >= 4 is 33.4 Å². The molecule has 0 aromatic heterocycles.